The largest absolute Gasteiger partial charge is 0.394 e. The second-order valence-electron chi connectivity index (χ2n) is 17.6. The van der Waals surface area contributed by atoms with Crippen molar-refractivity contribution in [2.75, 3.05) is 13.2 Å². The number of carbonyl (C=O) groups is 1. The van der Waals surface area contributed by atoms with Gasteiger partial charge in [0.15, 0.2) is 6.29 Å². The van der Waals surface area contributed by atoms with Crippen molar-refractivity contribution in [3.8, 4) is 0 Å². The number of unbranched alkanes of at least 4 members (excludes halogenated alkanes) is 28. The van der Waals surface area contributed by atoms with Gasteiger partial charge in [0.1, 0.15) is 24.4 Å². The molecule has 60 heavy (non-hydrogen) atoms. The molecule has 7 atom stereocenters. The first-order valence-corrected chi connectivity index (χ1v) is 25.2. The normalized spacial score (nSPS) is 20.8. The number of allylic oxidation sites excluding steroid dienone is 5. The summed E-state index contributed by atoms with van der Waals surface area (Å²) in [5.74, 6) is -0.189. The van der Waals surface area contributed by atoms with Crippen LogP contribution in [0.1, 0.15) is 226 Å². The fourth-order valence-electron chi connectivity index (χ4n) is 7.87. The highest BCUT2D eigenvalue weighted by Crippen LogP contribution is 2.23. The first kappa shape index (κ1) is 56.4. The van der Waals surface area contributed by atoms with E-state index in [4.69, 9.17) is 9.47 Å². The Labute approximate surface area is 368 Å². The fourth-order valence-corrected chi connectivity index (χ4v) is 7.87. The number of amides is 1. The van der Waals surface area contributed by atoms with Crippen LogP contribution >= 0.6 is 0 Å². The van der Waals surface area contributed by atoms with Crippen molar-refractivity contribution >= 4 is 5.91 Å². The third-order valence-electron chi connectivity index (χ3n) is 11.9. The van der Waals surface area contributed by atoms with Gasteiger partial charge in [-0.3, -0.25) is 4.79 Å². The number of rotatable bonds is 42. The van der Waals surface area contributed by atoms with Gasteiger partial charge in [-0.05, 0) is 57.8 Å². The predicted octanol–water partition coefficient (Wildman–Crippen LogP) is 11.2. The molecule has 0 aromatic rings. The van der Waals surface area contributed by atoms with Gasteiger partial charge in [-0.1, -0.05) is 198 Å². The van der Waals surface area contributed by atoms with Gasteiger partial charge in [-0.15, -0.1) is 0 Å². The molecule has 0 bridgehead atoms. The van der Waals surface area contributed by atoms with Crippen molar-refractivity contribution in [3.05, 3.63) is 36.5 Å². The molecule has 6 N–H and O–H groups in total. The maximum atomic E-state index is 12.9. The standard InChI is InChI=1S/C51H95NO8/c1-3-5-7-9-11-13-15-16-17-18-19-20-21-22-23-24-25-26-27-28-29-30-31-33-35-37-39-41-47(55)52-44(43-59-51-50(58)49(57)48(56)46(42-53)60-51)45(54)40-38-36-34-32-14-12-10-8-6-4-2/h14,22-23,32,38,40,44-46,48-51,53-54,56-58H,3-13,15-21,24-31,33-37,39,41-43H2,1-2H3,(H,52,55)/b23-22-,32-14+,40-38+. The summed E-state index contributed by atoms with van der Waals surface area (Å²) in [6, 6.07) is -0.819. The van der Waals surface area contributed by atoms with Crippen LogP contribution in [0.2, 0.25) is 0 Å². The SMILES string of the molecule is CCCCCC/C=C/CC/C=C/C(O)C(COC1OC(CO)C(O)C(O)C1O)NC(=O)CCCCCCCCCCCCC/C=C\CCCCCCCCCCCCCC. The number of hydrogen-bond acceptors (Lipinski definition) is 8. The maximum Gasteiger partial charge on any atom is 0.220 e. The molecule has 9 heteroatoms. The molecule has 7 unspecified atom stereocenters. The van der Waals surface area contributed by atoms with E-state index in [0.29, 0.717) is 6.42 Å². The van der Waals surface area contributed by atoms with Crippen LogP contribution in [0.4, 0.5) is 0 Å². The summed E-state index contributed by atoms with van der Waals surface area (Å²) in [5.41, 5.74) is 0. The molecule has 0 aliphatic carbocycles. The van der Waals surface area contributed by atoms with E-state index in [1.165, 1.54) is 167 Å². The van der Waals surface area contributed by atoms with Gasteiger partial charge in [0.05, 0.1) is 25.4 Å². The second kappa shape index (κ2) is 41.4. The van der Waals surface area contributed by atoms with Crippen molar-refractivity contribution in [1.29, 1.82) is 0 Å². The Bertz CT molecular complexity index is 1030. The number of nitrogens with one attached hydrogen (secondary N) is 1. The summed E-state index contributed by atoms with van der Waals surface area (Å²) >= 11 is 0. The van der Waals surface area contributed by atoms with Crippen molar-refractivity contribution in [3.63, 3.8) is 0 Å². The third kappa shape index (κ3) is 31.3. The van der Waals surface area contributed by atoms with E-state index in [1.807, 2.05) is 6.08 Å². The summed E-state index contributed by atoms with van der Waals surface area (Å²) in [4.78, 5) is 12.9. The van der Waals surface area contributed by atoms with Crippen LogP contribution in [0.3, 0.4) is 0 Å². The van der Waals surface area contributed by atoms with Crippen LogP contribution in [-0.2, 0) is 14.3 Å². The average molecular weight is 850 g/mol. The molecule has 9 nitrogen and oxygen atoms in total. The molecule has 0 aromatic heterocycles. The zero-order valence-electron chi connectivity index (χ0n) is 38.7. The predicted molar refractivity (Wildman–Crippen MR) is 249 cm³/mol. The fraction of sp³-hybridized carbons (Fsp3) is 0.863. The molecule has 0 radical (unpaired) electrons. The Kier molecular flexibility index (Phi) is 39.0. The van der Waals surface area contributed by atoms with Gasteiger partial charge in [-0.2, -0.15) is 0 Å². The van der Waals surface area contributed by atoms with Gasteiger partial charge >= 0.3 is 0 Å². The highest BCUT2D eigenvalue weighted by atomic mass is 16.7. The number of hydrogen-bond donors (Lipinski definition) is 6. The summed E-state index contributed by atoms with van der Waals surface area (Å²) < 4.78 is 11.2. The minimum absolute atomic E-state index is 0.189. The van der Waals surface area contributed by atoms with Crippen LogP contribution in [-0.4, -0.2) is 87.5 Å². The Morgan fingerprint density at radius 2 is 0.950 bits per heavy atom. The monoisotopic (exact) mass is 850 g/mol. The number of aliphatic hydroxyl groups is 5. The van der Waals surface area contributed by atoms with Crippen molar-refractivity contribution in [2.24, 2.45) is 0 Å². The minimum Gasteiger partial charge on any atom is -0.394 e. The molecule has 1 fully saturated rings. The van der Waals surface area contributed by atoms with Gasteiger partial charge < -0.3 is 40.3 Å². The number of ether oxygens (including phenoxy) is 2. The molecule has 0 saturated carbocycles. The molecular formula is C51H95NO8. The van der Waals surface area contributed by atoms with Crippen LogP contribution in [0.25, 0.3) is 0 Å². The smallest absolute Gasteiger partial charge is 0.220 e. The lowest BCUT2D eigenvalue weighted by Gasteiger charge is -2.40. The van der Waals surface area contributed by atoms with Gasteiger partial charge in [-0.25, -0.2) is 0 Å². The zero-order valence-corrected chi connectivity index (χ0v) is 38.7. The second-order valence-corrected chi connectivity index (χ2v) is 17.6. The van der Waals surface area contributed by atoms with Crippen molar-refractivity contribution in [1.82, 2.24) is 5.32 Å². The minimum atomic E-state index is -1.57. The summed E-state index contributed by atoms with van der Waals surface area (Å²) in [5, 5.41) is 54.1. The van der Waals surface area contributed by atoms with Crippen LogP contribution in [0, 0.1) is 0 Å². The first-order valence-electron chi connectivity index (χ1n) is 25.2. The highest BCUT2D eigenvalue weighted by Gasteiger charge is 2.44. The number of carbonyl (C=O) groups excluding carboxylic acids is 1. The van der Waals surface area contributed by atoms with E-state index in [9.17, 15) is 30.3 Å². The lowest BCUT2D eigenvalue weighted by Crippen LogP contribution is -2.60. The Hall–Kier alpha value is -1.59. The van der Waals surface area contributed by atoms with E-state index in [2.05, 4.69) is 43.5 Å². The van der Waals surface area contributed by atoms with Crippen molar-refractivity contribution in [2.45, 2.75) is 269 Å². The van der Waals surface area contributed by atoms with Crippen LogP contribution in [0.5, 0.6) is 0 Å². The molecular weight excluding hydrogens is 755 g/mol. The van der Waals surface area contributed by atoms with E-state index < -0.39 is 49.5 Å². The van der Waals surface area contributed by atoms with Crippen molar-refractivity contribution < 1.29 is 39.8 Å². The zero-order chi connectivity index (χ0) is 43.7. The topological polar surface area (TPSA) is 149 Å². The molecule has 0 aromatic carbocycles. The lowest BCUT2D eigenvalue weighted by molar-refractivity contribution is -0.302. The molecule has 1 heterocycles. The summed E-state index contributed by atoms with van der Waals surface area (Å²) in [6.07, 6.45) is 45.1. The maximum absolute atomic E-state index is 12.9. The summed E-state index contributed by atoms with van der Waals surface area (Å²) in [6.45, 7) is 3.72. The Morgan fingerprint density at radius 1 is 0.550 bits per heavy atom. The Morgan fingerprint density at radius 3 is 1.42 bits per heavy atom. The molecule has 0 spiro atoms. The molecule has 1 amide bonds. The van der Waals surface area contributed by atoms with E-state index in [-0.39, 0.29) is 12.5 Å². The molecule has 1 rings (SSSR count). The number of aliphatic hydroxyl groups excluding tert-OH is 5. The average Bonchev–Trinajstić information content (AvgIpc) is 3.25. The molecule has 1 aliphatic rings. The van der Waals surface area contributed by atoms with Gasteiger partial charge in [0.2, 0.25) is 5.91 Å². The lowest BCUT2D eigenvalue weighted by atomic mass is 9.99. The van der Waals surface area contributed by atoms with Gasteiger partial charge in [0.25, 0.3) is 0 Å². The van der Waals surface area contributed by atoms with E-state index in [0.717, 1.165) is 38.5 Å². The quantitative estimate of drug-likeness (QED) is 0.0263. The third-order valence-corrected chi connectivity index (χ3v) is 11.9. The Balaban J connectivity index is 2.18. The molecule has 1 saturated heterocycles. The molecule has 1 aliphatic heterocycles. The van der Waals surface area contributed by atoms with Crippen LogP contribution in [0.15, 0.2) is 36.5 Å². The molecule has 352 valence electrons. The highest BCUT2D eigenvalue weighted by molar-refractivity contribution is 5.76. The van der Waals surface area contributed by atoms with E-state index >= 15 is 0 Å². The summed E-state index contributed by atoms with van der Waals surface area (Å²) in [7, 11) is 0. The van der Waals surface area contributed by atoms with E-state index in [1.54, 1.807) is 6.08 Å². The van der Waals surface area contributed by atoms with Crippen LogP contribution < -0.4 is 5.32 Å². The van der Waals surface area contributed by atoms with Gasteiger partial charge in [0, 0.05) is 6.42 Å². The first-order chi connectivity index (χ1) is 29.3.